The predicted octanol–water partition coefficient (Wildman–Crippen LogP) is 7.37. The fraction of sp³-hybridized carbons (Fsp3) is 0.0323. The van der Waals surface area contributed by atoms with Crippen molar-refractivity contribution in [3.8, 4) is 28.4 Å². The summed E-state index contributed by atoms with van der Waals surface area (Å²) in [5, 5.41) is 5.80. The third kappa shape index (κ3) is 3.30. The molecule has 166 valence electrons. The Hall–Kier alpha value is -4.70. The second-order valence-corrected chi connectivity index (χ2v) is 8.75. The lowest BCUT2D eigenvalue weighted by Crippen LogP contribution is -2.12. The topological polar surface area (TPSA) is 39.9 Å². The summed E-state index contributed by atoms with van der Waals surface area (Å²) in [6, 6.07) is 37.6. The van der Waals surface area contributed by atoms with E-state index in [1.807, 2.05) is 59.5 Å². The standard InChI is InChI=1S/C31H21N3O/c1-3-13-28-23(8-1)20-33-34(28)24-15-16-30-26(19-24)31(25-11-2-4-14-29(25)35-30)22-10-7-9-21(18-22)27-12-5-6-17-32-27/h1-20,31H. The van der Waals surface area contributed by atoms with E-state index < -0.39 is 0 Å². The molecule has 4 nitrogen and oxygen atoms in total. The molecule has 0 saturated carbocycles. The average Bonchev–Trinajstić information content (AvgIpc) is 3.36. The molecule has 0 radical (unpaired) electrons. The van der Waals surface area contributed by atoms with Gasteiger partial charge in [-0.05, 0) is 54.1 Å². The molecule has 6 aromatic rings. The van der Waals surface area contributed by atoms with Crippen molar-refractivity contribution in [3.05, 3.63) is 138 Å². The van der Waals surface area contributed by atoms with Crippen molar-refractivity contribution < 1.29 is 4.74 Å². The van der Waals surface area contributed by atoms with Gasteiger partial charge in [0, 0.05) is 34.2 Å². The van der Waals surface area contributed by atoms with E-state index in [0.717, 1.165) is 50.5 Å². The first kappa shape index (κ1) is 19.7. The zero-order valence-electron chi connectivity index (χ0n) is 18.9. The lowest BCUT2D eigenvalue weighted by atomic mass is 9.82. The summed E-state index contributed by atoms with van der Waals surface area (Å²) in [4.78, 5) is 4.56. The molecule has 7 rings (SSSR count). The molecule has 0 bridgehead atoms. The minimum absolute atomic E-state index is 0.0281. The summed E-state index contributed by atoms with van der Waals surface area (Å²) in [5.41, 5.74) is 7.64. The van der Waals surface area contributed by atoms with Crippen LogP contribution >= 0.6 is 0 Å². The quantitative estimate of drug-likeness (QED) is 0.281. The van der Waals surface area contributed by atoms with Gasteiger partial charge in [-0.15, -0.1) is 0 Å². The molecule has 35 heavy (non-hydrogen) atoms. The fourth-order valence-corrected chi connectivity index (χ4v) is 5.03. The summed E-state index contributed by atoms with van der Waals surface area (Å²) < 4.78 is 8.36. The van der Waals surface area contributed by atoms with E-state index in [9.17, 15) is 0 Å². The number of benzene rings is 4. The van der Waals surface area contributed by atoms with Crippen LogP contribution in [0.1, 0.15) is 22.6 Å². The van der Waals surface area contributed by atoms with Gasteiger partial charge in [0.1, 0.15) is 11.5 Å². The maximum Gasteiger partial charge on any atom is 0.131 e. The van der Waals surface area contributed by atoms with Gasteiger partial charge in [0.25, 0.3) is 0 Å². The molecule has 1 aliphatic heterocycles. The zero-order chi connectivity index (χ0) is 23.2. The van der Waals surface area contributed by atoms with Gasteiger partial charge in [0.05, 0.1) is 23.1 Å². The number of fused-ring (bicyclic) bond motifs is 3. The minimum Gasteiger partial charge on any atom is -0.457 e. The SMILES string of the molecule is c1ccc(-c2cccc(C3c4ccccc4Oc4ccc(-n5ncc6ccccc65)cc43)c2)nc1. The molecular weight excluding hydrogens is 430 g/mol. The maximum atomic E-state index is 6.36. The number of ether oxygens (including phenoxy) is 1. The molecule has 1 aliphatic rings. The number of hydrogen-bond donors (Lipinski definition) is 0. The van der Waals surface area contributed by atoms with E-state index in [0.29, 0.717) is 0 Å². The van der Waals surface area contributed by atoms with E-state index in [1.54, 1.807) is 0 Å². The second kappa shape index (κ2) is 7.96. The van der Waals surface area contributed by atoms with Gasteiger partial charge >= 0.3 is 0 Å². The molecule has 0 spiro atoms. The number of rotatable bonds is 3. The van der Waals surface area contributed by atoms with Gasteiger partial charge in [-0.25, -0.2) is 4.68 Å². The maximum absolute atomic E-state index is 6.36. The van der Waals surface area contributed by atoms with Gasteiger partial charge in [0.15, 0.2) is 0 Å². The molecule has 4 heteroatoms. The Kier molecular flexibility index (Phi) is 4.49. The molecule has 0 aliphatic carbocycles. The van der Waals surface area contributed by atoms with Gasteiger partial charge in [-0.2, -0.15) is 5.10 Å². The van der Waals surface area contributed by atoms with Crippen molar-refractivity contribution in [1.29, 1.82) is 0 Å². The Morgan fingerprint density at radius 3 is 2.49 bits per heavy atom. The van der Waals surface area contributed by atoms with E-state index >= 15 is 0 Å². The summed E-state index contributed by atoms with van der Waals surface area (Å²) >= 11 is 0. The molecule has 3 heterocycles. The van der Waals surface area contributed by atoms with Crippen LogP contribution in [0.4, 0.5) is 0 Å². The normalized spacial score (nSPS) is 14.2. The third-order valence-corrected chi connectivity index (χ3v) is 6.66. The second-order valence-electron chi connectivity index (χ2n) is 8.75. The van der Waals surface area contributed by atoms with E-state index in [4.69, 9.17) is 4.74 Å². The molecule has 0 amide bonds. The van der Waals surface area contributed by atoms with Crippen molar-refractivity contribution in [3.63, 3.8) is 0 Å². The largest absolute Gasteiger partial charge is 0.457 e. The third-order valence-electron chi connectivity index (χ3n) is 6.66. The van der Waals surface area contributed by atoms with Crippen LogP contribution in [0.2, 0.25) is 0 Å². The summed E-state index contributed by atoms with van der Waals surface area (Å²) in [6.45, 7) is 0. The van der Waals surface area contributed by atoms with Crippen LogP contribution in [-0.4, -0.2) is 14.8 Å². The Balaban J connectivity index is 1.42. The highest BCUT2D eigenvalue weighted by atomic mass is 16.5. The zero-order valence-corrected chi connectivity index (χ0v) is 18.9. The number of nitrogens with zero attached hydrogens (tertiary/aromatic N) is 3. The first-order valence-electron chi connectivity index (χ1n) is 11.7. The van der Waals surface area contributed by atoms with Gasteiger partial charge < -0.3 is 4.74 Å². The summed E-state index contributed by atoms with van der Waals surface area (Å²) in [5.74, 6) is 1.79. The van der Waals surface area contributed by atoms with Crippen LogP contribution in [0.25, 0.3) is 27.8 Å². The molecule has 0 saturated heterocycles. The molecule has 2 aromatic heterocycles. The lowest BCUT2D eigenvalue weighted by Gasteiger charge is -2.29. The molecule has 0 fully saturated rings. The van der Waals surface area contributed by atoms with Crippen molar-refractivity contribution in [2.45, 2.75) is 5.92 Å². The smallest absolute Gasteiger partial charge is 0.131 e. The first-order chi connectivity index (χ1) is 17.3. The van der Waals surface area contributed by atoms with Crippen LogP contribution in [0.15, 0.2) is 122 Å². The monoisotopic (exact) mass is 451 g/mol. The van der Waals surface area contributed by atoms with Crippen LogP contribution in [0.3, 0.4) is 0 Å². The summed E-state index contributed by atoms with van der Waals surface area (Å²) in [7, 11) is 0. The number of hydrogen-bond acceptors (Lipinski definition) is 3. The van der Waals surface area contributed by atoms with E-state index in [-0.39, 0.29) is 5.92 Å². The van der Waals surface area contributed by atoms with E-state index in [2.05, 4.69) is 76.8 Å². The van der Waals surface area contributed by atoms with Gasteiger partial charge in [0.2, 0.25) is 0 Å². The minimum atomic E-state index is 0.0281. The van der Waals surface area contributed by atoms with Crippen LogP contribution in [0.5, 0.6) is 11.5 Å². The summed E-state index contributed by atoms with van der Waals surface area (Å²) in [6.07, 6.45) is 3.75. The van der Waals surface area contributed by atoms with Crippen molar-refractivity contribution in [2.75, 3.05) is 0 Å². The Morgan fingerprint density at radius 2 is 1.54 bits per heavy atom. The predicted molar refractivity (Wildman–Crippen MR) is 138 cm³/mol. The number of aromatic nitrogens is 3. The van der Waals surface area contributed by atoms with Crippen molar-refractivity contribution in [2.24, 2.45) is 0 Å². The van der Waals surface area contributed by atoms with Gasteiger partial charge in [-0.1, -0.05) is 60.7 Å². The fourth-order valence-electron chi connectivity index (χ4n) is 5.03. The lowest BCUT2D eigenvalue weighted by molar-refractivity contribution is 0.452. The molecule has 0 N–H and O–H groups in total. The van der Waals surface area contributed by atoms with Gasteiger partial charge in [-0.3, -0.25) is 4.98 Å². The highest BCUT2D eigenvalue weighted by Gasteiger charge is 2.29. The Morgan fingerprint density at radius 1 is 0.686 bits per heavy atom. The van der Waals surface area contributed by atoms with Crippen molar-refractivity contribution in [1.82, 2.24) is 14.8 Å². The number of para-hydroxylation sites is 2. The molecule has 1 unspecified atom stereocenters. The number of pyridine rings is 1. The Labute approximate surface area is 203 Å². The average molecular weight is 452 g/mol. The first-order valence-corrected chi connectivity index (χ1v) is 11.7. The van der Waals surface area contributed by atoms with Crippen LogP contribution in [0, 0.1) is 0 Å². The Bertz CT molecular complexity index is 1690. The molecule has 1 atom stereocenters. The molecular formula is C31H21N3O. The van der Waals surface area contributed by atoms with E-state index in [1.165, 1.54) is 5.56 Å². The molecule has 4 aromatic carbocycles. The van der Waals surface area contributed by atoms with Crippen LogP contribution < -0.4 is 4.74 Å². The van der Waals surface area contributed by atoms with Crippen molar-refractivity contribution >= 4 is 10.9 Å². The highest BCUT2D eigenvalue weighted by Crippen LogP contribution is 2.48. The highest BCUT2D eigenvalue weighted by molar-refractivity contribution is 5.80. The van der Waals surface area contributed by atoms with Crippen LogP contribution in [-0.2, 0) is 0 Å².